The molecule has 0 aliphatic rings. The Bertz CT molecular complexity index is 503. The van der Waals surface area contributed by atoms with Gasteiger partial charge in [0, 0.05) is 36.6 Å². The van der Waals surface area contributed by atoms with E-state index in [0.717, 1.165) is 11.3 Å². The highest BCUT2D eigenvalue weighted by atomic mass is 16.3. The molecule has 18 heavy (non-hydrogen) atoms. The topological polar surface area (TPSA) is 50.9 Å². The van der Waals surface area contributed by atoms with Crippen LogP contribution in [0.1, 0.15) is 38.1 Å². The van der Waals surface area contributed by atoms with Crippen LogP contribution in [-0.4, -0.2) is 19.9 Å². The molecule has 2 heterocycles. The van der Waals surface area contributed by atoms with Gasteiger partial charge in [-0.1, -0.05) is 6.07 Å². The van der Waals surface area contributed by atoms with Crippen molar-refractivity contribution in [3.8, 4) is 0 Å². The average molecular weight is 245 g/mol. The highest BCUT2D eigenvalue weighted by Gasteiger charge is 2.24. The normalized spacial score (nSPS) is 14.7. The molecular formula is C14H19N3O. The first-order valence-corrected chi connectivity index (χ1v) is 6.16. The first-order valence-electron chi connectivity index (χ1n) is 6.16. The van der Waals surface area contributed by atoms with Gasteiger partial charge in [0.25, 0.3) is 0 Å². The second-order valence-corrected chi connectivity index (χ2v) is 5.07. The van der Waals surface area contributed by atoms with E-state index in [2.05, 4.69) is 23.9 Å². The van der Waals surface area contributed by atoms with Gasteiger partial charge in [-0.25, -0.2) is 0 Å². The van der Waals surface area contributed by atoms with E-state index in [1.807, 2.05) is 29.1 Å². The summed E-state index contributed by atoms with van der Waals surface area (Å²) < 4.78 is 1.90. The van der Waals surface area contributed by atoms with Crippen LogP contribution in [0.5, 0.6) is 0 Å². The van der Waals surface area contributed by atoms with Crippen LogP contribution in [0.4, 0.5) is 0 Å². The van der Waals surface area contributed by atoms with E-state index in [0.29, 0.717) is 12.5 Å². The Morgan fingerprint density at radius 2 is 2.17 bits per heavy atom. The molecule has 96 valence electrons. The number of hydrogen-bond acceptors (Lipinski definition) is 3. The van der Waals surface area contributed by atoms with Crippen LogP contribution >= 0.6 is 0 Å². The quantitative estimate of drug-likeness (QED) is 0.899. The van der Waals surface area contributed by atoms with E-state index in [1.165, 1.54) is 0 Å². The molecule has 2 aromatic heterocycles. The summed E-state index contributed by atoms with van der Waals surface area (Å²) in [5.41, 5.74) is 0.756. The van der Waals surface area contributed by atoms with Crippen molar-refractivity contribution in [3.05, 3.63) is 48.0 Å². The molecule has 0 radical (unpaired) electrons. The molecule has 0 aliphatic carbocycles. The van der Waals surface area contributed by atoms with E-state index in [1.54, 1.807) is 19.3 Å². The van der Waals surface area contributed by atoms with Crippen LogP contribution in [0.2, 0.25) is 0 Å². The molecule has 0 amide bonds. The molecule has 1 N–H and O–H groups in total. The lowest BCUT2D eigenvalue weighted by atomic mass is 9.92. The maximum atomic E-state index is 10.5. The van der Waals surface area contributed by atoms with E-state index in [-0.39, 0.29) is 0 Å². The van der Waals surface area contributed by atoms with Crippen molar-refractivity contribution in [2.75, 3.05) is 0 Å². The number of aliphatic hydroxyl groups is 1. The summed E-state index contributed by atoms with van der Waals surface area (Å²) in [5, 5.41) is 15.0. The molecular weight excluding hydrogens is 226 g/mol. The van der Waals surface area contributed by atoms with Gasteiger partial charge < -0.3 is 5.11 Å². The Hall–Kier alpha value is -1.68. The van der Waals surface area contributed by atoms with Gasteiger partial charge in [0.1, 0.15) is 0 Å². The summed E-state index contributed by atoms with van der Waals surface area (Å²) in [6.45, 7) is 5.95. The molecule has 0 aliphatic heterocycles. The molecule has 2 rings (SSSR count). The zero-order chi connectivity index (χ0) is 13.2. The van der Waals surface area contributed by atoms with Crippen LogP contribution in [-0.2, 0) is 12.0 Å². The van der Waals surface area contributed by atoms with Gasteiger partial charge in [0.15, 0.2) is 0 Å². The molecule has 0 saturated carbocycles. The number of hydrogen-bond donors (Lipinski definition) is 1. The molecule has 4 heteroatoms. The third-order valence-electron chi connectivity index (χ3n) is 3.00. The largest absolute Gasteiger partial charge is 0.385 e. The predicted molar refractivity (Wildman–Crippen MR) is 70.1 cm³/mol. The second-order valence-electron chi connectivity index (χ2n) is 5.07. The molecule has 0 saturated heterocycles. The second kappa shape index (κ2) is 4.90. The maximum Gasteiger partial charge on any atom is 0.0939 e. The SMILES string of the molecule is CC(C)n1ccc(CC(C)(O)c2cccnc2)n1. The monoisotopic (exact) mass is 245 g/mol. The molecule has 0 aromatic carbocycles. The fourth-order valence-electron chi connectivity index (χ4n) is 1.90. The summed E-state index contributed by atoms with van der Waals surface area (Å²) in [6, 6.07) is 6.00. The van der Waals surface area contributed by atoms with Crippen molar-refractivity contribution in [2.24, 2.45) is 0 Å². The van der Waals surface area contributed by atoms with Crippen molar-refractivity contribution in [1.29, 1.82) is 0 Å². The lowest BCUT2D eigenvalue weighted by Gasteiger charge is -2.22. The van der Waals surface area contributed by atoms with Gasteiger partial charge in [0.2, 0.25) is 0 Å². The molecule has 1 unspecified atom stereocenters. The predicted octanol–water partition coefficient (Wildman–Crippen LogP) is 2.31. The van der Waals surface area contributed by atoms with E-state index in [4.69, 9.17) is 0 Å². The van der Waals surface area contributed by atoms with Gasteiger partial charge in [-0.15, -0.1) is 0 Å². The smallest absolute Gasteiger partial charge is 0.0939 e. The fraction of sp³-hybridized carbons (Fsp3) is 0.429. The zero-order valence-electron chi connectivity index (χ0n) is 11.0. The van der Waals surface area contributed by atoms with Crippen molar-refractivity contribution in [1.82, 2.24) is 14.8 Å². The van der Waals surface area contributed by atoms with Crippen LogP contribution in [0, 0.1) is 0 Å². The third-order valence-corrected chi connectivity index (χ3v) is 3.00. The Morgan fingerprint density at radius 1 is 1.39 bits per heavy atom. The minimum Gasteiger partial charge on any atom is -0.385 e. The molecule has 0 fully saturated rings. The van der Waals surface area contributed by atoms with E-state index < -0.39 is 5.60 Å². The van der Waals surface area contributed by atoms with Crippen molar-refractivity contribution < 1.29 is 5.11 Å². The lowest BCUT2D eigenvalue weighted by molar-refractivity contribution is 0.0560. The fourth-order valence-corrected chi connectivity index (χ4v) is 1.90. The maximum absolute atomic E-state index is 10.5. The Labute approximate surface area is 107 Å². The Morgan fingerprint density at radius 3 is 2.72 bits per heavy atom. The van der Waals surface area contributed by atoms with E-state index in [9.17, 15) is 5.11 Å². The van der Waals surface area contributed by atoms with Crippen LogP contribution in [0.15, 0.2) is 36.8 Å². The molecule has 4 nitrogen and oxygen atoms in total. The summed E-state index contributed by atoms with van der Waals surface area (Å²) in [6.07, 6.45) is 5.82. The minimum absolute atomic E-state index is 0.335. The zero-order valence-corrected chi connectivity index (χ0v) is 11.0. The number of pyridine rings is 1. The van der Waals surface area contributed by atoms with Gasteiger partial charge >= 0.3 is 0 Å². The minimum atomic E-state index is -0.940. The number of aromatic nitrogens is 3. The highest BCUT2D eigenvalue weighted by molar-refractivity contribution is 5.20. The first kappa shape index (κ1) is 12.8. The van der Waals surface area contributed by atoms with Crippen LogP contribution < -0.4 is 0 Å². The molecule has 0 bridgehead atoms. The highest BCUT2D eigenvalue weighted by Crippen LogP contribution is 2.24. The van der Waals surface area contributed by atoms with Gasteiger partial charge in [-0.05, 0) is 32.9 Å². The van der Waals surface area contributed by atoms with Gasteiger partial charge in [-0.2, -0.15) is 5.10 Å². The van der Waals surface area contributed by atoms with Crippen LogP contribution in [0.3, 0.4) is 0 Å². The first-order chi connectivity index (χ1) is 8.49. The molecule has 2 aromatic rings. The van der Waals surface area contributed by atoms with Gasteiger partial charge in [0.05, 0.1) is 11.3 Å². The summed E-state index contributed by atoms with van der Waals surface area (Å²) in [4.78, 5) is 4.04. The number of rotatable bonds is 4. The summed E-state index contributed by atoms with van der Waals surface area (Å²) in [7, 11) is 0. The lowest BCUT2D eigenvalue weighted by Crippen LogP contribution is -2.24. The molecule has 1 atom stereocenters. The van der Waals surface area contributed by atoms with Crippen LogP contribution in [0.25, 0.3) is 0 Å². The van der Waals surface area contributed by atoms with Crippen molar-refractivity contribution >= 4 is 0 Å². The average Bonchev–Trinajstić information content (AvgIpc) is 2.78. The third kappa shape index (κ3) is 2.76. The Kier molecular flexibility index (Phi) is 3.48. The number of nitrogens with zero attached hydrogens (tertiary/aromatic N) is 3. The standard InChI is InChI=1S/C14H19N3O/c1-11(2)17-8-6-13(16-17)9-14(3,18)12-5-4-7-15-10-12/h4-8,10-11,18H,9H2,1-3H3. The van der Waals surface area contributed by atoms with Crippen molar-refractivity contribution in [2.45, 2.75) is 38.8 Å². The summed E-state index contributed by atoms with van der Waals surface area (Å²) in [5.74, 6) is 0. The molecule has 0 spiro atoms. The van der Waals surface area contributed by atoms with Crippen molar-refractivity contribution in [3.63, 3.8) is 0 Å². The van der Waals surface area contributed by atoms with E-state index >= 15 is 0 Å². The summed E-state index contributed by atoms with van der Waals surface area (Å²) >= 11 is 0. The Balaban J connectivity index is 2.17. The van der Waals surface area contributed by atoms with Gasteiger partial charge in [-0.3, -0.25) is 9.67 Å².